The van der Waals surface area contributed by atoms with Gasteiger partial charge in [-0.05, 0) is 29.5 Å². The number of carbonyl (C=O) groups excluding carboxylic acids is 4. The predicted octanol–water partition coefficient (Wildman–Crippen LogP) is 3.09. The first kappa shape index (κ1) is 32.4. The lowest BCUT2D eigenvalue weighted by atomic mass is 9.98. The smallest absolute Gasteiger partial charge is 0.313 e. The largest absolute Gasteiger partial charge is 0.469 e. The molecular formula is C24H44O9Si. The summed E-state index contributed by atoms with van der Waals surface area (Å²) >= 11 is 0. The van der Waals surface area contributed by atoms with Gasteiger partial charge in [0.25, 0.3) is 0 Å². The minimum Gasteiger partial charge on any atom is -0.469 e. The van der Waals surface area contributed by atoms with Crippen molar-refractivity contribution in [2.45, 2.75) is 115 Å². The van der Waals surface area contributed by atoms with Gasteiger partial charge in [-0.15, -0.1) is 0 Å². The van der Waals surface area contributed by atoms with Crippen LogP contribution in [0, 0.1) is 0 Å². The van der Waals surface area contributed by atoms with Crippen LogP contribution in [0.1, 0.15) is 80.1 Å². The lowest BCUT2D eigenvalue weighted by Crippen LogP contribution is -2.51. The van der Waals surface area contributed by atoms with Crippen molar-refractivity contribution in [3.8, 4) is 0 Å². The third-order valence-electron chi connectivity index (χ3n) is 6.21. The van der Waals surface area contributed by atoms with Crippen LogP contribution >= 0.6 is 0 Å². The second-order valence-electron chi connectivity index (χ2n) is 9.83. The third-order valence-corrected chi connectivity index (χ3v) is 12.4. The highest BCUT2D eigenvalue weighted by Crippen LogP contribution is 2.44. The molecule has 3 atom stereocenters. The van der Waals surface area contributed by atoms with Gasteiger partial charge in [-0.25, -0.2) is 0 Å². The second-order valence-corrected chi connectivity index (χ2v) is 15.2. The van der Waals surface area contributed by atoms with Crippen LogP contribution in [0.25, 0.3) is 0 Å². The fourth-order valence-corrected chi connectivity index (χ4v) is 10.4. The minimum atomic E-state index is -2.41. The van der Waals surface area contributed by atoms with Crippen molar-refractivity contribution >= 4 is 31.8 Å². The SMILES string of the molecule is COC(=O)CC(=O)C[C@@H](O)CC(C[C@@H](O)CC(=O)CC(=O)OC)O[Si](C(C)C)(C(C)C)C(C)C. The maximum Gasteiger partial charge on any atom is 0.313 e. The zero-order valence-corrected chi connectivity index (χ0v) is 23.0. The summed E-state index contributed by atoms with van der Waals surface area (Å²) in [5, 5.41) is 21.2. The standard InChI is InChI=1S/C24H44O9Si/c1-15(2)34(16(3)4,17(5)6)33-22(11-18(25)9-20(27)13-23(29)31-7)12-19(26)10-21(28)14-24(30)32-8/h15-19,22,25-26H,9-14H2,1-8H3/t18-,19+,22?. The molecule has 0 rings (SSSR count). The molecule has 0 amide bonds. The third kappa shape index (κ3) is 10.8. The van der Waals surface area contributed by atoms with Crippen LogP contribution in [-0.2, 0) is 33.1 Å². The molecule has 34 heavy (non-hydrogen) atoms. The Bertz CT molecular complexity index is 614. The minimum absolute atomic E-state index is 0.0656. The first-order valence-corrected chi connectivity index (χ1v) is 14.0. The van der Waals surface area contributed by atoms with E-state index in [1.54, 1.807) is 0 Å². The highest BCUT2D eigenvalue weighted by atomic mass is 28.4. The Hall–Kier alpha value is -1.62. The molecule has 0 fully saturated rings. The van der Waals surface area contributed by atoms with Crippen LogP contribution in [0.4, 0.5) is 0 Å². The van der Waals surface area contributed by atoms with Gasteiger partial charge in [0, 0.05) is 12.8 Å². The Balaban J connectivity index is 5.61. The van der Waals surface area contributed by atoms with Crippen molar-refractivity contribution in [1.82, 2.24) is 0 Å². The Morgan fingerprint density at radius 1 is 0.676 bits per heavy atom. The molecule has 1 unspecified atom stereocenters. The van der Waals surface area contributed by atoms with Crippen LogP contribution in [-0.4, -0.2) is 74.6 Å². The van der Waals surface area contributed by atoms with Gasteiger partial charge in [-0.1, -0.05) is 41.5 Å². The highest BCUT2D eigenvalue weighted by molar-refractivity contribution is 6.77. The van der Waals surface area contributed by atoms with Crippen molar-refractivity contribution in [2.24, 2.45) is 0 Å². The number of ether oxygens (including phenoxy) is 2. The van der Waals surface area contributed by atoms with Crippen LogP contribution in [0.3, 0.4) is 0 Å². The summed E-state index contributed by atoms with van der Waals surface area (Å²) in [4.78, 5) is 46.9. The summed E-state index contributed by atoms with van der Waals surface area (Å²) in [5.74, 6) is -2.25. The summed E-state index contributed by atoms with van der Waals surface area (Å²) in [5.41, 5.74) is 0.726. The van der Waals surface area contributed by atoms with Gasteiger partial charge in [0.1, 0.15) is 24.4 Å². The second kappa shape index (κ2) is 15.4. The first-order chi connectivity index (χ1) is 15.7. The molecule has 0 radical (unpaired) electrons. The van der Waals surface area contributed by atoms with E-state index in [1.165, 1.54) is 14.2 Å². The topological polar surface area (TPSA) is 136 Å². The molecule has 0 aromatic carbocycles. The average molecular weight is 505 g/mol. The van der Waals surface area contributed by atoms with E-state index in [2.05, 4.69) is 51.0 Å². The number of carbonyl (C=O) groups is 4. The summed E-state index contributed by atoms with van der Waals surface area (Å²) in [6.45, 7) is 12.6. The number of aliphatic hydroxyl groups excluding tert-OH is 2. The summed E-state index contributed by atoms with van der Waals surface area (Å²) in [7, 11) is -0.0340. The van der Waals surface area contributed by atoms with E-state index in [4.69, 9.17) is 4.43 Å². The number of Topliss-reactive ketones (excluding diaryl/α,β-unsaturated/α-hetero) is 2. The molecule has 0 aromatic rings. The van der Waals surface area contributed by atoms with Crippen molar-refractivity contribution in [3.05, 3.63) is 0 Å². The number of esters is 2. The van der Waals surface area contributed by atoms with Gasteiger partial charge < -0.3 is 24.1 Å². The fraction of sp³-hybridized carbons (Fsp3) is 0.833. The molecule has 0 spiro atoms. The number of hydrogen-bond acceptors (Lipinski definition) is 9. The molecule has 0 aliphatic rings. The Labute approximate surface area is 204 Å². The summed E-state index contributed by atoms with van der Waals surface area (Å²) < 4.78 is 15.7. The Morgan fingerprint density at radius 3 is 1.26 bits per heavy atom. The Kier molecular flexibility index (Phi) is 14.7. The lowest BCUT2D eigenvalue weighted by Gasteiger charge is -2.45. The normalized spacial score (nSPS) is 14.7. The molecule has 10 heteroatoms. The first-order valence-electron chi connectivity index (χ1n) is 11.9. The van der Waals surface area contributed by atoms with Gasteiger partial charge in [0.15, 0.2) is 0 Å². The molecule has 0 aromatic heterocycles. The van der Waals surface area contributed by atoms with Gasteiger partial charge in [0.2, 0.25) is 8.32 Å². The van der Waals surface area contributed by atoms with Crippen LogP contribution in [0.2, 0.25) is 16.6 Å². The van der Waals surface area contributed by atoms with Gasteiger partial charge in [0.05, 0.1) is 32.5 Å². The quantitative estimate of drug-likeness (QED) is 0.174. The van der Waals surface area contributed by atoms with E-state index in [0.717, 1.165) is 0 Å². The van der Waals surface area contributed by atoms with E-state index in [1.807, 2.05) is 0 Å². The highest BCUT2D eigenvalue weighted by Gasteiger charge is 2.47. The lowest BCUT2D eigenvalue weighted by molar-refractivity contribution is -0.145. The van der Waals surface area contributed by atoms with E-state index < -0.39 is 63.0 Å². The summed E-state index contributed by atoms with van der Waals surface area (Å²) in [6.07, 6.45) is -3.99. The number of hydrogen-bond donors (Lipinski definition) is 2. The van der Waals surface area contributed by atoms with Gasteiger partial charge in [-0.2, -0.15) is 0 Å². The maximum atomic E-state index is 12.1. The van der Waals surface area contributed by atoms with Crippen molar-refractivity contribution in [2.75, 3.05) is 14.2 Å². The molecule has 0 saturated carbocycles. The fourth-order valence-electron chi connectivity index (χ4n) is 4.80. The van der Waals surface area contributed by atoms with Crippen LogP contribution in [0.15, 0.2) is 0 Å². The van der Waals surface area contributed by atoms with Crippen molar-refractivity contribution < 1.29 is 43.3 Å². The van der Waals surface area contributed by atoms with Crippen molar-refractivity contribution in [3.63, 3.8) is 0 Å². The van der Waals surface area contributed by atoms with Gasteiger partial charge in [-0.3, -0.25) is 19.2 Å². The molecule has 9 nitrogen and oxygen atoms in total. The number of aliphatic hydroxyl groups is 2. The number of methoxy groups -OCH3 is 2. The molecule has 0 saturated heterocycles. The molecule has 0 heterocycles. The average Bonchev–Trinajstić information content (AvgIpc) is 2.69. The van der Waals surface area contributed by atoms with E-state index >= 15 is 0 Å². The van der Waals surface area contributed by atoms with Crippen LogP contribution < -0.4 is 0 Å². The van der Waals surface area contributed by atoms with E-state index in [9.17, 15) is 29.4 Å². The monoisotopic (exact) mass is 504 g/mol. The zero-order valence-electron chi connectivity index (χ0n) is 22.0. The summed E-state index contributed by atoms with van der Waals surface area (Å²) in [6, 6.07) is 0. The molecule has 2 N–H and O–H groups in total. The van der Waals surface area contributed by atoms with Crippen molar-refractivity contribution in [1.29, 1.82) is 0 Å². The molecule has 0 aliphatic carbocycles. The molecular weight excluding hydrogens is 460 g/mol. The predicted molar refractivity (Wildman–Crippen MR) is 130 cm³/mol. The molecule has 0 aliphatic heterocycles. The van der Waals surface area contributed by atoms with E-state index in [-0.39, 0.29) is 42.3 Å². The molecule has 0 bridgehead atoms. The van der Waals surface area contributed by atoms with Gasteiger partial charge >= 0.3 is 11.9 Å². The van der Waals surface area contributed by atoms with Crippen LogP contribution in [0.5, 0.6) is 0 Å². The zero-order chi connectivity index (χ0) is 26.6. The molecule has 198 valence electrons. The Morgan fingerprint density at radius 2 is 1.00 bits per heavy atom. The van der Waals surface area contributed by atoms with E-state index in [0.29, 0.717) is 0 Å². The number of rotatable bonds is 17. The number of ketones is 2. The maximum absolute atomic E-state index is 12.1.